The summed E-state index contributed by atoms with van der Waals surface area (Å²) in [5.74, 6) is 1.26. The highest BCUT2D eigenvalue weighted by atomic mass is 16.5. The number of aromatic nitrogens is 1. The number of carbonyl (C=O) groups excluding carboxylic acids is 1. The molecule has 0 radical (unpaired) electrons. The van der Waals surface area contributed by atoms with Crippen molar-refractivity contribution < 1.29 is 14.1 Å². The molecule has 1 saturated heterocycles. The normalized spacial score (nSPS) is 16.9. The third kappa shape index (κ3) is 4.87. The Labute approximate surface area is 160 Å². The van der Waals surface area contributed by atoms with E-state index in [1.54, 1.807) is 13.2 Å². The summed E-state index contributed by atoms with van der Waals surface area (Å²) in [5.41, 5.74) is 3.19. The summed E-state index contributed by atoms with van der Waals surface area (Å²) in [7, 11) is 1.71. The van der Waals surface area contributed by atoms with Gasteiger partial charge in [-0.3, -0.25) is 19.9 Å². The Kier molecular flexibility index (Phi) is 6.13. The minimum Gasteiger partial charge on any atom is -0.496 e. The summed E-state index contributed by atoms with van der Waals surface area (Å²) in [6.07, 6.45) is 0. The van der Waals surface area contributed by atoms with Crippen LogP contribution in [0.2, 0.25) is 0 Å². The van der Waals surface area contributed by atoms with Crippen molar-refractivity contribution in [2.24, 2.45) is 0 Å². The van der Waals surface area contributed by atoms with E-state index in [-0.39, 0.29) is 11.9 Å². The lowest BCUT2D eigenvalue weighted by atomic mass is 10.1. The fourth-order valence-electron chi connectivity index (χ4n) is 3.39. The number of hydrogen-bond acceptors (Lipinski definition) is 6. The first kappa shape index (κ1) is 19.4. The van der Waals surface area contributed by atoms with Crippen LogP contribution in [0.5, 0.6) is 5.75 Å². The van der Waals surface area contributed by atoms with Crippen LogP contribution in [-0.2, 0) is 11.3 Å². The second-order valence-electron chi connectivity index (χ2n) is 7.13. The Balaban J connectivity index is 1.52. The van der Waals surface area contributed by atoms with Crippen molar-refractivity contribution in [1.82, 2.24) is 15.0 Å². The van der Waals surface area contributed by atoms with E-state index in [1.807, 2.05) is 19.9 Å². The number of nitrogens with one attached hydrogen (secondary N) is 1. The van der Waals surface area contributed by atoms with E-state index < -0.39 is 0 Å². The van der Waals surface area contributed by atoms with Crippen LogP contribution < -0.4 is 10.1 Å². The SMILES string of the molecule is COc1ccc(C)cc1CN1CCN([C@H](C)C(=O)Nc2cc(C)no2)CC1. The Bertz CT molecular complexity index is 781. The van der Waals surface area contributed by atoms with E-state index in [0.717, 1.165) is 44.2 Å². The topological polar surface area (TPSA) is 70.8 Å². The van der Waals surface area contributed by atoms with Crippen LogP contribution in [0.25, 0.3) is 0 Å². The van der Waals surface area contributed by atoms with Gasteiger partial charge in [0, 0.05) is 44.4 Å². The van der Waals surface area contributed by atoms with Crippen molar-refractivity contribution in [2.75, 3.05) is 38.6 Å². The second-order valence-corrected chi connectivity index (χ2v) is 7.13. The molecule has 1 fully saturated rings. The number of hydrogen-bond donors (Lipinski definition) is 1. The molecular weight excluding hydrogens is 344 g/mol. The molecule has 0 unspecified atom stereocenters. The molecule has 1 aromatic heterocycles. The number of ether oxygens (including phenoxy) is 1. The van der Waals surface area contributed by atoms with Gasteiger partial charge in [-0.15, -0.1) is 0 Å². The van der Waals surface area contributed by atoms with Crippen molar-refractivity contribution in [3.8, 4) is 5.75 Å². The van der Waals surface area contributed by atoms with Crippen LogP contribution in [0.15, 0.2) is 28.8 Å². The monoisotopic (exact) mass is 372 g/mol. The van der Waals surface area contributed by atoms with Crippen molar-refractivity contribution in [1.29, 1.82) is 0 Å². The molecule has 1 aliphatic rings. The first-order valence-electron chi connectivity index (χ1n) is 9.30. The number of nitrogens with zero attached hydrogens (tertiary/aromatic N) is 3. The number of rotatable bonds is 6. The second kappa shape index (κ2) is 8.54. The smallest absolute Gasteiger partial charge is 0.243 e. The molecule has 1 N–H and O–H groups in total. The minimum atomic E-state index is -0.217. The molecule has 3 rings (SSSR count). The Morgan fingerprint density at radius 2 is 2.00 bits per heavy atom. The van der Waals surface area contributed by atoms with E-state index in [2.05, 4.69) is 39.3 Å². The van der Waals surface area contributed by atoms with Crippen LogP contribution in [0.4, 0.5) is 5.88 Å². The van der Waals surface area contributed by atoms with Gasteiger partial charge in [-0.25, -0.2) is 0 Å². The summed E-state index contributed by atoms with van der Waals surface area (Å²) in [6, 6.07) is 7.78. The molecule has 7 heteroatoms. The van der Waals surface area contributed by atoms with Crippen LogP contribution in [0.3, 0.4) is 0 Å². The van der Waals surface area contributed by atoms with E-state index in [0.29, 0.717) is 5.88 Å². The fraction of sp³-hybridized carbons (Fsp3) is 0.500. The van der Waals surface area contributed by atoms with Crippen LogP contribution in [0, 0.1) is 13.8 Å². The maximum Gasteiger partial charge on any atom is 0.243 e. The first-order chi connectivity index (χ1) is 13.0. The number of benzene rings is 1. The Morgan fingerprint density at radius 1 is 1.26 bits per heavy atom. The van der Waals surface area contributed by atoms with Gasteiger partial charge in [0.25, 0.3) is 0 Å². The molecule has 1 amide bonds. The lowest BCUT2D eigenvalue weighted by molar-refractivity contribution is -0.121. The van der Waals surface area contributed by atoms with Gasteiger partial charge in [-0.2, -0.15) is 0 Å². The molecule has 0 saturated carbocycles. The predicted molar refractivity (Wildman–Crippen MR) is 104 cm³/mol. The molecule has 7 nitrogen and oxygen atoms in total. The first-order valence-corrected chi connectivity index (χ1v) is 9.30. The van der Waals surface area contributed by atoms with E-state index in [9.17, 15) is 4.79 Å². The zero-order valence-electron chi connectivity index (χ0n) is 16.5. The number of methoxy groups -OCH3 is 1. The summed E-state index contributed by atoms with van der Waals surface area (Å²) in [4.78, 5) is 17.0. The number of carbonyl (C=O) groups is 1. The van der Waals surface area contributed by atoms with Crippen LogP contribution >= 0.6 is 0 Å². The molecular formula is C20H28N4O3. The molecule has 0 aliphatic carbocycles. The molecule has 1 atom stereocenters. The van der Waals surface area contributed by atoms with Gasteiger partial charge in [0.1, 0.15) is 5.75 Å². The highest BCUT2D eigenvalue weighted by Crippen LogP contribution is 2.22. The molecule has 1 aromatic carbocycles. The van der Waals surface area contributed by atoms with Crippen molar-refractivity contribution in [3.63, 3.8) is 0 Å². The predicted octanol–water partition coefficient (Wildman–Crippen LogP) is 2.44. The third-order valence-corrected chi connectivity index (χ3v) is 5.04. The highest BCUT2D eigenvalue weighted by Gasteiger charge is 2.26. The Hall–Kier alpha value is -2.38. The van der Waals surface area contributed by atoms with E-state index in [1.165, 1.54) is 11.1 Å². The lowest BCUT2D eigenvalue weighted by Crippen LogP contribution is -2.52. The zero-order chi connectivity index (χ0) is 19.4. The molecule has 1 aliphatic heterocycles. The summed E-state index contributed by atoms with van der Waals surface area (Å²) in [6.45, 7) is 10.2. The number of aryl methyl sites for hydroxylation is 2. The Morgan fingerprint density at radius 3 is 2.63 bits per heavy atom. The van der Waals surface area contributed by atoms with Gasteiger partial charge in [-0.05, 0) is 26.8 Å². The van der Waals surface area contributed by atoms with Crippen molar-refractivity contribution in [3.05, 3.63) is 41.1 Å². The molecule has 0 spiro atoms. The maximum absolute atomic E-state index is 12.4. The number of anilines is 1. The number of amides is 1. The lowest BCUT2D eigenvalue weighted by Gasteiger charge is -2.37. The average molecular weight is 372 g/mol. The largest absolute Gasteiger partial charge is 0.496 e. The summed E-state index contributed by atoms with van der Waals surface area (Å²) in [5, 5.41) is 6.58. The van der Waals surface area contributed by atoms with Gasteiger partial charge < -0.3 is 9.26 Å². The van der Waals surface area contributed by atoms with Crippen LogP contribution in [0.1, 0.15) is 23.7 Å². The summed E-state index contributed by atoms with van der Waals surface area (Å²) >= 11 is 0. The van der Waals surface area contributed by atoms with Crippen molar-refractivity contribution in [2.45, 2.75) is 33.4 Å². The molecule has 0 bridgehead atoms. The van der Waals surface area contributed by atoms with Crippen molar-refractivity contribution >= 4 is 11.8 Å². The zero-order valence-corrected chi connectivity index (χ0v) is 16.5. The third-order valence-electron chi connectivity index (χ3n) is 5.04. The standard InChI is InChI=1S/C20H28N4O3/c1-14-5-6-18(26-4)17(11-14)13-23-7-9-24(10-8-23)16(3)20(25)21-19-12-15(2)22-27-19/h5-6,11-12,16H,7-10,13H2,1-4H3,(H,21,25)/t16-/m1/s1. The molecule has 146 valence electrons. The van der Waals surface area contributed by atoms with Gasteiger partial charge >= 0.3 is 0 Å². The summed E-state index contributed by atoms with van der Waals surface area (Å²) < 4.78 is 10.6. The van der Waals surface area contributed by atoms with E-state index >= 15 is 0 Å². The fourth-order valence-corrected chi connectivity index (χ4v) is 3.39. The van der Waals surface area contributed by atoms with Crippen LogP contribution in [-0.4, -0.2) is 60.2 Å². The van der Waals surface area contributed by atoms with E-state index in [4.69, 9.17) is 9.26 Å². The average Bonchev–Trinajstić information content (AvgIpc) is 3.06. The van der Waals surface area contributed by atoms with Gasteiger partial charge in [-0.1, -0.05) is 22.9 Å². The molecule has 27 heavy (non-hydrogen) atoms. The maximum atomic E-state index is 12.4. The quantitative estimate of drug-likeness (QED) is 0.840. The molecule has 2 heterocycles. The van der Waals surface area contributed by atoms with Gasteiger partial charge in [0.2, 0.25) is 11.8 Å². The number of piperazine rings is 1. The minimum absolute atomic E-state index is 0.0695. The molecule has 2 aromatic rings. The van der Waals surface area contributed by atoms with Gasteiger partial charge in [0.15, 0.2) is 0 Å². The highest BCUT2D eigenvalue weighted by molar-refractivity contribution is 5.93. The van der Waals surface area contributed by atoms with Gasteiger partial charge in [0.05, 0.1) is 18.8 Å².